The first kappa shape index (κ1) is 25.0. The van der Waals surface area contributed by atoms with Crippen LogP contribution in [0.15, 0.2) is 47.5 Å². The zero-order chi connectivity index (χ0) is 20.4. The van der Waals surface area contributed by atoms with Crippen molar-refractivity contribution in [2.75, 3.05) is 33.9 Å². The fourth-order valence-corrected chi connectivity index (χ4v) is 2.62. The molecule has 0 spiro atoms. The first-order valence-electron chi connectivity index (χ1n) is 9.23. The van der Waals surface area contributed by atoms with E-state index >= 15 is 0 Å². The fourth-order valence-electron chi connectivity index (χ4n) is 2.62. The summed E-state index contributed by atoms with van der Waals surface area (Å²) in [6, 6.07) is 11.7. The molecule has 29 heavy (non-hydrogen) atoms. The molecule has 0 saturated heterocycles. The Morgan fingerprint density at radius 3 is 2.24 bits per heavy atom. The number of ether oxygens (including phenoxy) is 2. The molecule has 0 aliphatic rings. The molecule has 0 bridgehead atoms. The molecule has 2 aromatic rings. The second-order valence-electron chi connectivity index (χ2n) is 6.18. The lowest BCUT2D eigenvalue weighted by Crippen LogP contribution is -2.38. The summed E-state index contributed by atoms with van der Waals surface area (Å²) in [6.45, 7) is 3.49. The Morgan fingerprint density at radius 1 is 1.07 bits per heavy atom. The lowest BCUT2D eigenvalue weighted by molar-refractivity contribution is 0.186. The van der Waals surface area contributed by atoms with Gasteiger partial charge < -0.3 is 25.2 Å². The molecular formula is C21H29FIN3O3. The van der Waals surface area contributed by atoms with Gasteiger partial charge in [0.1, 0.15) is 17.3 Å². The topological polar surface area (TPSA) is 75.1 Å². The van der Waals surface area contributed by atoms with Crippen LogP contribution in [-0.4, -0.2) is 44.9 Å². The molecule has 6 nitrogen and oxygen atoms in total. The maximum atomic E-state index is 13.0. The van der Waals surface area contributed by atoms with E-state index in [1.54, 1.807) is 44.6 Å². The van der Waals surface area contributed by atoms with Gasteiger partial charge in [-0.3, -0.25) is 4.99 Å². The van der Waals surface area contributed by atoms with Crippen molar-refractivity contribution in [2.45, 2.75) is 19.4 Å². The third-order valence-electron chi connectivity index (χ3n) is 4.14. The van der Waals surface area contributed by atoms with E-state index in [-0.39, 0.29) is 36.3 Å². The summed E-state index contributed by atoms with van der Waals surface area (Å²) >= 11 is 0. The molecule has 8 heteroatoms. The van der Waals surface area contributed by atoms with Gasteiger partial charge in [0.2, 0.25) is 0 Å². The number of aliphatic hydroxyl groups excluding tert-OH is 1. The van der Waals surface area contributed by atoms with Crippen molar-refractivity contribution in [3.63, 3.8) is 0 Å². The van der Waals surface area contributed by atoms with Crippen LogP contribution in [0.25, 0.3) is 0 Å². The second-order valence-corrected chi connectivity index (χ2v) is 6.18. The molecule has 0 amide bonds. The van der Waals surface area contributed by atoms with E-state index in [0.29, 0.717) is 36.1 Å². The van der Waals surface area contributed by atoms with Gasteiger partial charge in [-0.15, -0.1) is 24.0 Å². The number of nitrogens with zero attached hydrogens (tertiary/aromatic N) is 1. The van der Waals surface area contributed by atoms with Crippen LogP contribution in [-0.2, 0) is 6.42 Å². The Morgan fingerprint density at radius 2 is 1.69 bits per heavy atom. The number of methoxy groups -OCH3 is 2. The summed E-state index contributed by atoms with van der Waals surface area (Å²) < 4.78 is 23.4. The molecule has 0 saturated carbocycles. The van der Waals surface area contributed by atoms with Gasteiger partial charge in [0.05, 0.1) is 26.9 Å². The Bertz CT molecular complexity index is 750. The van der Waals surface area contributed by atoms with Crippen LogP contribution in [0.2, 0.25) is 0 Å². The summed E-state index contributed by atoms with van der Waals surface area (Å²) in [5.41, 5.74) is 1.70. The van der Waals surface area contributed by atoms with Crippen LogP contribution in [0, 0.1) is 5.82 Å². The predicted octanol–water partition coefficient (Wildman–Crippen LogP) is 3.29. The van der Waals surface area contributed by atoms with Gasteiger partial charge in [-0.1, -0.05) is 12.1 Å². The van der Waals surface area contributed by atoms with Crippen molar-refractivity contribution in [3.8, 4) is 11.5 Å². The molecule has 1 unspecified atom stereocenters. The van der Waals surface area contributed by atoms with E-state index in [1.807, 2.05) is 6.92 Å². The van der Waals surface area contributed by atoms with E-state index in [4.69, 9.17) is 9.47 Å². The minimum atomic E-state index is -0.795. The van der Waals surface area contributed by atoms with Gasteiger partial charge in [-0.25, -0.2) is 4.39 Å². The first-order valence-corrected chi connectivity index (χ1v) is 9.23. The normalized spacial score (nSPS) is 12.0. The highest BCUT2D eigenvalue weighted by atomic mass is 127. The summed E-state index contributed by atoms with van der Waals surface area (Å²) in [5.74, 6) is 1.59. The molecule has 2 rings (SSSR count). The molecule has 0 heterocycles. The van der Waals surface area contributed by atoms with Crippen LogP contribution < -0.4 is 20.1 Å². The Kier molecular flexibility index (Phi) is 11.4. The zero-order valence-corrected chi connectivity index (χ0v) is 19.3. The minimum absolute atomic E-state index is 0. The minimum Gasteiger partial charge on any atom is -0.497 e. The number of aliphatic hydroxyl groups is 1. The SMILES string of the molecule is CCNC(=NCC(O)c1cc(OC)cc(OC)c1)NCCc1ccc(F)cc1.I. The summed E-state index contributed by atoms with van der Waals surface area (Å²) in [4.78, 5) is 4.45. The molecule has 0 fully saturated rings. The predicted molar refractivity (Wildman–Crippen MR) is 124 cm³/mol. The Hall–Kier alpha value is -2.07. The molecule has 2 aromatic carbocycles. The van der Waals surface area contributed by atoms with Gasteiger partial charge in [-0.2, -0.15) is 0 Å². The highest BCUT2D eigenvalue weighted by Crippen LogP contribution is 2.26. The van der Waals surface area contributed by atoms with E-state index in [1.165, 1.54) is 12.1 Å². The third-order valence-corrected chi connectivity index (χ3v) is 4.14. The van der Waals surface area contributed by atoms with E-state index in [0.717, 1.165) is 12.0 Å². The van der Waals surface area contributed by atoms with Crippen molar-refractivity contribution in [1.82, 2.24) is 10.6 Å². The quantitative estimate of drug-likeness (QED) is 0.271. The number of nitrogens with one attached hydrogen (secondary N) is 2. The monoisotopic (exact) mass is 517 g/mol. The van der Waals surface area contributed by atoms with Crippen molar-refractivity contribution in [2.24, 2.45) is 4.99 Å². The molecule has 0 radical (unpaired) electrons. The number of benzene rings is 2. The molecule has 1 atom stereocenters. The van der Waals surface area contributed by atoms with E-state index in [9.17, 15) is 9.50 Å². The lowest BCUT2D eigenvalue weighted by atomic mass is 10.1. The second kappa shape index (κ2) is 13.2. The lowest BCUT2D eigenvalue weighted by Gasteiger charge is -2.15. The summed E-state index contributed by atoms with van der Waals surface area (Å²) in [5, 5.41) is 16.9. The fraction of sp³-hybridized carbons (Fsp3) is 0.381. The van der Waals surface area contributed by atoms with Crippen molar-refractivity contribution < 1.29 is 19.0 Å². The van der Waals surface area contributed by atoms with Crippen LogP contribution in [0.5, 0.6) is 11.5 Å². The van der Waals surface area contributed by atoms with Gasteiger partial charge in [0.15, 0.2) is 5.96 Å². The first-order chi connectivity index (χ1) is 13.5. The van der Waals surface area contributed by atoms with Gasteiger partial charge >= 0.3 is 0 Å². The largest absolute Gasteiger partial charge is 0.497 e. The van der Waals surface area contributed by atoms with E-state index in [2.05, 4.69) is 15.6 Å². The number of halogens is 2. The van der Waals surface area contributed by atoms with Crippen molar-refractivity contribution >= 4 is 29.9 Å². The Labute approximate surface area is 188 Å². The molecular weight excluding hydrogens is 488 g/mol. The van der Waals surface area contributed by atoms with Crippen LogP contribution in [0.1, 0.15) is 24.2 Å². The standard InChI is InChI=1S/C21H28FN3O3.HI/c1-4-23-21(24-10-9-15-5-7-17(22)8-6-15)25-14-20(26)16-11-18(27-2)13-19(12-16)28-3;/h5-8,11-13,20,26H,4,9-10,14H2,1-3H3,(H2,23,24,25);1H. The summed E-state index contributed by atoms with van der Waals surface area (Å²) in [6.07, 6.45) is -0.0584. The zero-order valence-electron chi connectivity index (χ0n) is 16.9. The van der Waals surface area contributed by atoms with Gasteiger partial charge in [0, 0.05) is 19.2 Å². The van der Waals surface area contributed by atoms with Crippen LogP contribution in [0.3, 0.4) is 0 Å². The molecule has 0 aliphatic carbocycles. The molecule has 0 aromatic heterocycles. The maximum absolute atomic E-state index is 13.0. The number of aliphatic imine (C=N–C) groups is 1. The van der Waals surface area contributed by atoms with Gasteiger partial charge in [0.25, 0.3) is 0 Å². The average molecular weight is 517 g/mol. The molecule has 3 N–H and O–H groups in total. The number of rotatable bonds is 9. The highest BCUT2D eigenvalue weighted by Gasteiger charge is 2.11. The third kappa shape index (κ3) is 8.45. The summed E-state index contributed by atoms with van der Waals surface area (Å²) in [7, 11) is 3.13. The average Bonchev–Trinajstić information content (AvgIpc) is 2.72. The smallest absolute Gasteiger partial charge is 0.191 e. The van der Waals surface area contributed by atoms with Crippen molar-refractivity contribution in [3.05, 3.63) is 59.4 Å². The maximum Gasteiger partial charge on any atom is 0.191 e. The molecule has 0 aliphatic heterocycles. The Balaban J connectivity index is 0.00000420. The van der Waals surface area contributed by atoms with E-state index < -0.39 is 6.10 Å². The number of hydrogen-bond acceptors (Lipinski definition) is 4. The number of guanidine groups is 1. The number of hydrogen-bond donors (Lipinski definition) is 3. The molecule has 160 valence electrons. The highest BCUT2D eigenvalue weighted by molar-refractivity contribution is 14.0. The van der Waals surface area contributed by atoms with Crippen LogP contribution in [0.4, 0.5) is 4.39 Å². The van der Waals surface area contributed by atoms with Gasteiger partial charge in [-0.05, 0) is 48.7 Å². The van der Waals surface area contributed by atoms with Crippen molar-refractivity contribution in [1.29, 1.82) is 0 Å². The van der Waals surface area contributed by atoms with Crippen LogP contribution >= 0.6 is 24.0 Å².